The highest BCUT2D eigenvalue weighted by Crippen LogP contribution is 2.24. The van der Waals surface area contributed by atoms with Gasteiger partial charge < -0.3 is 9.32 Å². The maximum atomic E-state index is 12.7. The summed E-state index contributed by atoms with van der Waals surface area (Å²) in [5.41, 5.74) is 0. The highest BCUT2D eigenvalue weighted by Gasteiger charge is 2.28. The van der Waals surface area contributed by atoms with Crippen molar-refractivity contribution in [1.29, 1.82) is 0 Å². The van der Waals surface area contributed by atoms with Crippen molar-refractivity contribution in [3.05, 3.63) is 52.4 Å². The number of furan rings is 1. The van der Waals surface area contributed by atoms with Gasteiger partial charge in [-0.25, -0.2) is 8.42 Å². The van der Waals surface area contributed by atoms with Crippen molar-refractivity contribution in [2.45, 2.75) is 30.9 Å². The number of carbonyl (C=O) groups is 1. The molecule has 2 aromatic rings. The van der Waals surface area contributed by atoms with E-state index >= 15 is 0 Å². The Kier molecular flexibility index (Phi) is 5.58. The lowest BCUT2D eigenvalue weighted by Gasteiger charge is -2.34. The van der Waals surface area contributed by atoms with E-state index in [0.29, 0.717) is 24.9 Å². The number of amides is 1. The summed E-state index contributed by atoms with van der Waals surface area (Å²) in [5.74, 6) is 0.941. The Morgan fingerprint density at radius 3 is 2.35 bits per heavy atom. The van der Waals surface area contributed by atoms with Crippen LogP contribution in [-0.4, -0.2) is 32.3 Å². The standard InChI is InChI=1S/C19H22BrNO4S/c1-13-9-14(2)11-21(10-13)19(22)18-8-5-16(25-18)12-26(23,24)17-6-3-15(20)4-7-17/h3-8,13-14H,9-12H2,1-2H3. The van der Waals surface area contributed by atoms with Gasteiger partial charge in [-0.15, -0.1) is 0 Å². The van der Waals surface area contributed by atoms with Gasteiger partial charge in [-0.05, 0) is 54.7 Å². The van der Waals surface area contributed by atoms with Gasteiger partial charge in [-0.3, -0.25) is 4.79 Å². The number of benzene rings is 1. The SMILES string of the molecule is CC1CC(C)CN(C(=O)c2ccc(CS(=O)(=O)c3ccc(Br)cc3)o2)C1. The fourth-order valence-corrected chi connectivity index (χ4v) is 4.98. The summed E-state index contributed by atoms with van der Waals surface area (Å²) in [7, 11) is -3.52. The van der Waals surface area contributed by atoms with E-state index in [2.05, 4.69) is 29.8 Å². The van der Waals surface area contributed by atoms with E-state index in [0.717, 1.165) is 10.9 Å². The number of halogens is 1. The number of carbonyl (C=O) groups excluding carboxylic acids is 1. The van der Waals surface area contributed by atoms with Gasteiger partial charge in [-0.1, -0.05) is 29.8 Å². The van der Waals surface area contributed by atoms with Crippen LogP contribution in [0.1, 0.15) is 36.6 Å². The second kappa shape index (κ2) is 7.56. The van der Waals surface area contributed by atoms with Crippen molar-refractivity contribution in [3.8, 4) is 0 Å². The first-order valence-corrected chi connectivity index (χ1v) is 11.1. The van der Waals surface area contributed by atoms with Crippen molar-refractivity contribution in [1.82, 2.24) is 4.90 Å². The van der Waals surface area contributed by atoms with Gasteiger partial charge in [0.15, 0.2) is 15.6 Å². The quantitative estimate of drug-likeness (QED) is 0.717. The van der Waals surface area contributed by atoms with Gasteiger partial charge in [0.05, 0.1) is 4.90 Å². The van der Waals surface area contributed by atoms with Crippen LogP contribution in [0.15, 0.2) is 50.2 Å². The predicted octanol–water partition coefficient (Wildman–Crippen LogP) is 4.13. The van der Waals surface area contributed by atoms with Crippen molar-refractivity contribution in [3.63, 3.8) is 0 Å². The molecule has 26 heavy (non-hydrogen) atoms. The third kappa shape index (κ3) is 4.38. The molecule has 2 heterocycles. The molecule has 1 aromatic carbocycles. The lowest BCUT2D eigenvalue weighted by Crippen LogP contribution is -2.42. The molecule has 0 spiro atoms. The van der Waals surface area contributed by atoms with Crippen LogP contribution in [0.4, 0.5) is 0 Å². The minimum atomic E-state index is -3.52. The molecule has 1 amide bonds. The van der Waals surface area contributed by atoms with Crippen molar-refractivity contribution in [2.75, 3.05) is 13.1 Å². The molecule has 0 aliphatic carbocycles. The van der Waals surface area contributed by atoms with Crippen LogP contribution in [0.5, 0.6) is 0 Å². The summed E-state index contributed by atoms with van der Waals surface area (Å²) in [6, 6.07) is 9.60. The Balaban J connectivity index is 1.73. The second-order valence-electron chi connectivity index (χ2n) is 7.14. The number of nitrogens with zero attached hydrogens (tertiary/aromatic N) is 1. The van der Waals surface area contributed by atoms with Gasteiger partial charge in [0.2, 0.25) is 0 Å². The molecule has 0 radical (unpaired) electrons. The molecule has 1 fully saturated rings. The molecule has 2 unspecified atom stereocenters. The Morgan fingerprint density at radius 2 is 1.73 bits per heavy atom. The minimum Gasteiger partial charge on any atom is -0.455 e. The zero-order chi connectivity index (χ0) is 18.9. The van der Waals surface area contributed by atoms with Crippen LogP contribution in [0.2, 0.25) is 0 Å². The molecule has 0 N–H and O–H groups in total. The Labute approximate surface area is 162 Å². The smallest absolute Gasteiger partial charge is 0.289 e. The molecule has 7 heteroatoms. The Morgan fingerprint density at radius 1 is 1.12 bits per heavy atom. The Bertz CT molecular complexity index is 879. The third-order valence-corrected chi connectivity index (χ3v) is 6.72. The van der Waals surface area contributed by atoms with Crippen LogP contribution in [-0.2, 0) is 15.6 Å². The molecule has 5 nitrogen and oxygen atoms in total. The number of likely N-dealkylation sites (tertiary alicyclic amines) is 1. The molecular formula is C19H22BrNO4S. The highest BCUT2D eigenvalue weighted by molar-refractivity contribution is 9.10. The fraction of sp³-hybridized carbons (Fsp3) is 0.421. The van der Waals surface area contributed by atoms with Gasteiger partial charge in [-0.2, -0.15) is 0 Å². The van der Waals surface area contributed by atoms with Gasteiger partial charge in [0, 0.05) is 17.6 Å². The van der Waals surface area contributed by atoms with E-state index in [1.165, 1.54) is 0 Å². The van der Waals surface area contributed by atoms with Crippen LogP contribution < -0.4 is 0 Å². The molecule has 1 aromatic heterocycles. The summed E-state index contributed by atoms with van der Waals surface area (Å²) in [6.07, 6.45) is 1.11. The summed E-state index contributed by atoms with van der Waals surface area (Å²) in [4.78, 5) is 14.7. The Hall–Kier alpha value is -1.60. The summed E-state index contributed by atoms with van der Waals surface area (Å²) in [5, 5.41) is 0. The van der Waals surface area contributed by atoms with Gasteiger partial charge >= 0.3 is 0 Å². The normalized spacial score (nSPS) is 21.0. The molecule has 0 saturated carbocycles. The summed E-state index contributed by atoms with van der Waals surface area (Å²) < 4.78 is 31.4. The summed E-state index contributed by atoms with van der Waals surface area (Å²) >= 11 is 3.29. The van der Waals surface area contributed by atoms with Crippen LogP contribution in [0.3, 0.4) is 0 Å². The zero-order valence-electron chi connectivity index (χ0n) is 14.8. The van der Waals surface area contributed by atoms with Crippen LogP contribution in [0.25, 0.3) is 0 Å². The molecule has 140 valence electrons. The first-order valence-electron chi connectivity index (χ1n) is 8.61. The first kappa shape index (κ1) is 19.2. The third-order valence-electron chi connectivity index (χ3n) is 4.53. The lowest BCUT2D eigenvalue weighted by molar-refractivity contribution is 0.0590. The predicted molar refractivity (Wildman–Crippen MR) is 103 cm³/mol. The maximum Gasteiger partial charge on any atom is 0.289 e. The maximum absolute atomic E-state index is 12.7. The number of sulfone groups is 1. The minimum absolute atomic E-state index is 0.171. The van der Waals surface area contributed by atoms with Crippen molar-refractivity contribution >= 4 is 31.7 Å². The molecule has 0 bridgehead atoms. The number of hydrogen-bond acceptors (Lipinski definition) is 4. The van der Waals surface area contributed by atoms with E-state index in [1.807, 2.05) is 0 Å². The fourth-order valence-electron chi connectivity index (χ4n) is 3.47. The number of piperidine rings is 1. The molecule has 1 aliphatic rings. The topological polar surface area (TPSA) is 67.6 Å². The zero-order valence-corrected chi connectivity index (χ0v) is 17.2. The first-order chi connectivity index (χ1) is 12.2. The van der Waals surface area contributed by atoms with Crippen molar-refractivity contribution < 1.29 is 17.6 Å². The van der Waals surface area contributed by atoms with Crippen LogP contribution >= 0.6 is 15.9 Å². The average molecular weight is 440 g/mol. The molecule has 1 aliphatic heterocycles. The second-order valence-corrected chi connectivity index (χ2v) is 10.0. The monoisotopic (exact) mass is 439 g/mol. The van der Waals surface area contributed by atoms with Gasteiger partial charge in [0.1, 0.15) is 11.5 Å². The largest absolute Gasteiger partial charge is 0.455 e. The number of hydrogen-bond donors (Lipinski definition) is 0. The highest BCUT2D eigenvalue weighted by atomic mass is 79.9. The molecular weight excluding hydrogens is 418 g/mol. The van der Waals surface area contributed by atoms with Crippen LogP contribution in [0, 0.1) is 11.8 Å². The van der Waals surface area contributed by atoms with E-state index in [9.17, 15) is 13.2 Å². The van der Waals surface area contributed by atoms with E-state index in [4.69, 9.17) is 4.42 Å². The lowest BCUT2D eigenvalue weighted by atomic mass is 9.92. The summed E-state index contributed by atoms with van der Waals surface area (Å²) in [6.45, 7) is 5.68. The average Bonchev–Trinajstić information content (AvgIpc) is 3.01. The van der Waals surface area contributed by atoms with E-state index in [1.54, 1.807) is 41.3 Å². The molecule has 1 saturated heterocycles. The van der Waals surface area contributed by atoms with Crippen molar-refractivity contribution in [2.24, 2.45) is 11.8 Å². The van der Waals surface area contributed by atoms with E-state index < -0.39 is 9.84 Å². The molecule has 3 rings (SSSR count). The van der Waals surface area contributed by atoms with Gasteiger partial charge in [0.25, 0.3) is 5.91 Å². The molecule has 2 atom stereocenters. The van der Waals surface area contributed by atoms with E-state index in [-0.39, 0.29) is 28.1 Å². The number of rotatable bonds is 4.